The number of rotatable bonds is 4. The normalized spacial score (nSPS) is 21.9. The zero-order chi connectivity index (χ0) is 14.3. The van der Waals surface area contributed by atoms with E-state index in [-0.39, 0.29) is 11.9 Å². The highest BCUT2D eigenvalue weighted by molar-refractivity contribution is 6.05. The molecule has 20 heavy (non-hydrogen) atoms. The maximum absolute atomic E-state index is 12.2. The summed E-state index contributed by atoms with van der Waals surface area (Å²) in [5, 5.41) is 12.0. The van der Waals surface area contributed by atoms with E-state index in [1.807, 2.05) is 18.2 Å². The van der Waals surface area contributed by atoms with E-state index in [0.29, 0.717) is 12.8 Å². The standard InChI is InChI=1S/C15H17NO4/c1-20-12-4-2-3-9-10(12)5-6-11(9)16-13(17)15(7-8-15)14(18)19/h2-4,11H,5-8H2,1H3,(H,16,17)(H,18,19)/t11-/m1/s1. The van der Waals surface area contributed by atoms with Crippen molar-refractivity contribution >= 4 is 11.9 Å². The van der Waals surface area contributed by atoms with Crippen molar-refractivity contribution in [1.29, 1.82) is 0 Å². The molecule has 0 unspecified atom stereocenters. The summed E-state index contributed by atoms with van der Waals surface area (Å²) in [7, 11) is 1.63. The van der Waals surface area contributed by atoms with Crippen molar-refractivity contribution in [1.82, 2.24) is 5.32 Å². The van der Waals surface area contributed by atoms with Crippen molar-refractivity contribution in [2.24, 2.45) is 5.41 Å². The molecule has 0 aromatic heterocycles. The van der Waals surface area contributed by atoms with Crippen LogP contribution in [-0.2, 0) is 16.0 Å². The predicted octanol–water partition coefficient (Wildman–Crippen LogP) is 1.66. The molecule has 0 radical (unpaired) electrons. The van der Waals surface area contributed by atoms with Crippen molar-refractivity contribution in [3.63, 3.8) is 0 Å². The zero-order valence-electron chi connectivity index (χ0n) is 11.3. The van der Waals surface area contributed by atoms with E-state index in [9.17, 15) is 9.59 Å². The second kappa shape index (κ2) is 4.51. The Bertz CT molecular complexity index is 577. The Kier molecular flexibility index (Phi) is 2.92. The van der Waals surface area contributed by atoms with Crippen LogP contribution in [0.15, 0.2) is 18.2 Å². The number of carboxylic acid groups (broad SMARTS) is 1. The van der Waals surface area contributed by atoms with Gasteiger partial charge in [-0.05, 0) is 42.9 Å². The van der Waals surface area contributed by atoms with Gasteiger partial charge in [-0.25, -0.2) is 0 Å². The molecule has 0 heterocycles. The predicted molar refractivity (Wildman–Crippen MR) is 71.5 cm³/mol. The number of carbonyl (C=O) groups is 2. The van der Waals surface area contributed by atoms with Crippen molar-refractivity contribution in [3.05, 3.63) is 29.3 Å². The molecule has 0 spiro atoms. The second-order valence-corrected chi connectivity index (χ2v) is 5.48. The first-order valence-corrected chi connectivity index (χ1v) is 6.78. The van der Waals surface area contributed by atoms with Crippen molar-refractivity contribution in [2.75, 3.05) is 7.11 Å². The van der Waals surface area contributed by atoms with Gasteiger partial charge >= 0.3 is 5.97 Å². The molecule has 1 fully saturated rings. The smallest absolute Gasteiger partial charge is 0.319 e. The Morgan fingerprint density at radius 1 is 1.40 bits per heavy atom. The molecule has 5 heteroatoms. The van der Waals surface area contributed by atoms with Crippen LogP contribution in [0, 0.1) is 5.41 Å². The number of amides is 1. The van der Waals surface area contributed by atoms with Crippen LogP contribution in [0.4, 0.5) is 0 Å². The molecule has 1 saturated carbocycles. The fourth-order valence-corrected chi connectivity index (χ4v) is 2.92. The molecule has 0 saturated heterocycles. The van der Waals surface area contributed by atoms with E-state index in [0.717, 1.165) is 29.7 Å². The Morgan fingerprint density at radius 2 is 2.15 bits per heavy atom. The summed E-state index contributed by atoms with van der Waals surface area (Å²) in [6, 6.07) is 5.66. The fraction of sp³-hybridized carbons (Fsp3) is 0.467. The van der Waals surface area contributed by atoms with Crippen molar-refractivity contribution < 1.29 is 19.4 Å². The quantitative estimate of drug-likeness (QED) is 0.819. The third-order valence-electron chi connectivity index (χ3n) is 4.35. The number of hydrogen-bond acceptors (Lipinski definition) is 3. The van der Waals surface area contributed by atoms with E-state index in [1.165, 1.54) is 0 Å². The lowest BCUT2D eigenvalue weighted by molar-refractivity contribution is -0.149. The van der Waals surface area contributed by atoms with Gasteiger partial charge in [-0.15, -0.1) is 0 Å². The van der Waals surface area contributed by atoms with E-state index < -0.39 is 11.4 Å². The van der Waals surface area contributed by atoms with Crippen LogP contribution in [0.1, 0.15) is 36.4 Å². The summed E-state index contributed by atoms with van der Waals surface area (Å²) in [4.78, 5) is 23.3. The van der Waals surface area contributed by atoms with Gasteiger partial charge in [-0.2, -0.15) is 0 Å². The first kappa shape index (κ1) is 13.0. The molecular weight excluding hydrogens is 258 g/mol. The van der Waals surface area contributed by atoms with Crippen LogP contribution in [0.25, 0.3) is 0 Å². The summed E-state index contributed by atoms with van der Waals surface area (Å²) in [5.74, 6) is -0.539. The monoisotopic (exact) mass is 275 g/mol. The Balaban J connectivity index is 1.79. The minimum Gasteiger partial charge on any atom is -0.496 e. The summed E-state index contributed by atoms with van der Waals surface area (Å²) >= 11 is 0. The maximum atomic E-state index is 12.2. The van der Waals surface area contributed by atoms with Gasteiger partial charge in [0.05, 0.1) is 13.2 Å². The van der Waals surface area contributed by atoms with Crippen molar-refractivity contribution in [3.8, 4) is 5.75 Å². The summed E-state index contributed by atoms with van der Waals surface area (Å²) in [6.07, 6.45) is 2.50. The van der Waals surface area contributed by atoms with Crippen LogP contribution in [0.2, 0.25) is 0 Å². The van der Waals surface area contributed by atoms with Gasteiger partial charge in [-0.3, -0.25) is 9.59 Å². The van der Waals surface area contributed by atoms with Gasteiger partial charge in [-0.1, -0.05) is 12.1 Å². The number of hydrogen-bond donors (Lipinski definition) is 2. The number of fused-ring (bicyclic) bond motifs is 1. The van der Waals surface area contributed by atoms with Gasteiger partial charge in [0.25, 0.3) is 0 Å². The molecule has 2 aliphatic carbocycles. The number of benzene rings is 1. The van der Waals surface area contributed by atoms with Gasteiger partial charge in [0.2, 0.25) is 5.91 Å². The number of carboxylic acids is 1. The minimum absolute atomic E-state index is 0.107. The van der Waals surface area contributed by atoms with Crippen LogP contribution in [-0.4, -0.2) is 24.1 Å². The molecule has 106 valence electrons. The van der Waals surface area contributed by atoms with Crippen LogP contribution in [0.5, 0.6) is 5.75 Å². The van der Waals surface area contributed by atoms with E-state index in [2.05, 4.69) is 5.32 Å². The van der Waals surface area contributed by atoms with Gasteiger partial charge in [0, 0.05) is 0 Å². The third kappa shape index (κ3) is 1.85. The molecular formula is C15H17NO4. The molecule has 2 aliphatic rings. The van der Waals surface area contributed by atoms with Crippen LogP contribution >= 0.6 is 0 Å². The molecule has 0 bridgehead atoms. The third-order valence-corrected chi connectivity index (χ3v) is 4.35. The van der Waals surface area contributed by atoms with Crippen LogP contribution in [0.3, 0.4) is 0 Å². The Labute approximate surface area is 116 Å². The number of methoxy groups -OCH3 is 1. The van der Waals surface area contributed by atoms with E-state index in [1.54, 1.807) is 7.11 Å². The number of ether oxygens (including phenoxy) is 1. The zero-order valence-corrected chi connectivity index (χ0v) is 11.3. The molecule has 0 aliphatic heterocycles. The maximum Gasteiger partial charge on any atom is 0.319 e. The van der Waals surface area contributed by atoms with Crippen molar-refractivity contribution in [2.45, 2.75) is 31.7 Å². The number of aliphatic carboxylic acids is 1. The SMILES string of the molecule is COc1cccc2c1CC[C@H]2NC(=O)C1(C(=O)O)CC1. The van der Waals surface area contributed by atoms with Gasteiger partial charge in [0.1, 0.15) is 11.2 Å². The molecule has 1 aromatic rings. The minimum atomic E-state index is -1.18. The molecule has 1 aromatic carbocycles. The van der Waals surface area contributed by atoms with Gasteiger partial charge in [0.15, 0.2) is 0 Å². The average molecular weight is 275 g/mol. The first-order chi connectivity index (χ1) is 9.58. The Hall–Kier alpha value is -2.04. The summed E-state index contributed by atoms with van der Waals surface area (Å²) in [6.45, 7) is 0. The summed E-state index contributed by atoms with van der Waals surface area (Å²) < 4.78 is 5.32. The lowest BCUT2D eigenvalue weighted by Gasteiger charge is -2.17. The largest absolute Gasteiger partial charge is 0.496 e. The first-order valence-electron chi connectivity index (χ1n) is 6.78. The number of nitrogens with one attached hydrogen (secondary N) is 1. The summed E-state index contributed by atoms with van der Waals surface area (Å²) in [5.41, 5.74) is 0.973. The lowest BCUT2D eigenvalue weighted by atomic mass is 10.0. The topological polar surface area (TPSA) is 75.6 Å². The van der Waals surface area contributed by atoms with E-state index >= 15 is 0 Å². The molecule has 1 atom stereocenters. The molecule has 1 amide bonds. The fourth-order valence-electron chi connectivity index (χ4n) is 2.92. The Morgan fingerprint density at radius 3 is 2.75 bits per heavy atom. The second-order valence-electron chi connectivity index (χ2n) is 5.48. The molecule has 3 rings (SSSR count). The van der Waals surface area contributed by atoms with E-state index in [4.69, 9.17) is 9.84 Å². The highest BCUT2D eigenvalue weighted by atomic mass is 16.5. The number of carbonyl (C=O) groups excluding carboxylic acids is 1. The molecule has 2 N–H and O–H groups in total. The highest BCUT2D eigenvalue weighted by Gasteiger charge is 2.57. The van der Waals surface area contributed by atoms with Crippen LogP contribution < -0.4 is 10.1 Å². The average Bonchev–Trinajstić information content (AvgIpc) is 3.17. The van der Waals surface area contributed by atoms with Gasteiger partial charge < -0.3 is 15.2 Å². The highest BCUT2D eigenvalue weighted by Crippen LogP contribution is 2.47. The molecule has 5 nitrogen and oxygen atoms in total. The lowest BCUT2D eigenvalue weighted by Crippen LogP contribution is -2.38.